The number of hydrogen-bond donors (Lipinski definition) is 3. The van der Waals surface area contributed by atoms with Gasteiger partial charge in [-0.3, -0.25) is 4.79 Å². The first-order valence-electron chi connectivity index (χ1n) is 6.16. The largest absolute Gasteiger partial charge is 0.508 e. The molecule has 98 valence electrons. The van der Waals surface area contributed by atoms with E-state index in [1.165, 1.54) is 18.2 Å². The maximum atomic E-state index is 12.3. The van der Waals surface area contributed by atoms with Gasteiger partial charge < -0.3 is 20.8 Å². The summed E-state index contributed by atoms with van der Waals surface area (Å²) in [6.45, 7) is 0.910. The van der Waals surface area contributed by atoms with Crippen LogP contribution in [0.3, 0.4) is 0 Å². The summed E-state index contributed by atoms with van der Waals surface area (Å²) in [7, 11) is 0. The molecule has 0 radical (unpaired) electrons. The molecule has 0 aliphatic heterocycles. The average molecular weight is 250 g/mol. The Balaban J connectivity index is 2.21. The van der Waals surface area contributed by atoms with Crippen LogP contribution >= 0.6 is 0 Å². The quantitative estimate of drug-likeness (QED) is 0.745. The zero-order valence-electron chi connectivity index (χ0n) is 10.2. The molecule has 1 aliphatic rings. The molecule has 0 heterocycles. The molecule has 4 N–H and O–H groups in total. The molecule has 5 heteroatoms. The molecule has 1 aromatic rings. The summed E-state index contributed by atoms with van der Waals surface area (Å²) in [5, 5.41) is 18.8. The second kappa shape index (κ2) is 5.27. The number of nitrogens with two attached hydrogens (primary N) is 1. The van der Waals surface area contributed by atoms with E-state index in [0.717, 1.165) is 19.3 Å². The first-order chi connectivity index (χ1) is 8.61. The molecule has 0 unspecified atom stereocenters. The Hall–Kier alpha value is -1.75. The maximum Gasteiger partial charge on any atom is 0.254 e. The number of benzene rings is 1. The molecule has 2 rings (SSSR count). The van der Waals surface area contributed by atoms with Gasteiger partial charge in [-0.1, -0.05) is 0 Å². The highest BCUT2D eigenvalue weighted by Crippen LogP contribution is 2.27. The standard InChI is InChI=1S/C13H18N2O3/c14-4-5-15(10-2-1-3-10)13(18)9-6-11(16)8-12(17)7-9/h6-8,10,16-17H,1-5,14H2. The van der Waals surface area contributed by atoms with Crippen molar-refractivity contribution >= 4 is 5.91 Å². The van der Waals surface area contributed by atoms with E-state index in [1.54, 1.807) is 4.90 Å². The smallest absolute Gasteiger partial charge is 0.254 e. The predicted octanol–water partition coefficient (Wildman–Crippen LogP) is 1.05. The molecular formula is C13H18N2O3. The zero-order valence-corrected chi connectivity index (χ0v) is 10.2. The van der Waals surface area contributed by atoms with Crippen molar-refractivity contribution in [1.29, 1.82) is 0 Å². The van der Waals surface area contributed by atoms with E-state index in [2.05, 4.69) is 0 Å². The third-order valence-corrected chi connectivity index (χ3v) is 3.30. The van der Waals surface area contributed by atoms with Crippen LogP contribution in [-0.2, 0) is 0 Å². The molecule has 0 saturated heterocycles. The molecule has 1 aliphatic carbocycles. The highest BCUT2D eigenvalue weighted by molar-refractivity contribution is 5.95. The lowest BCUT2D eigenvalue weighted by molar-refractivity contribution is 0.0588. The van der Waals surface area contributed by atoms with Gasteiger partial charge in [0.2, 0.25) is 0 Å². The zero-order chi connectivity index (χ0) is 13.1. The van der Waals surface area contributed by atoms with E-state index in [-0.39, 0.29) is 23.4 Å². The Morgan fingerprint density at radius 3 is 2.33 bits per heavy atom. The summed E-state index contributed by atoms with van der Waals surface area (Å²) in [5.74, 6) is -0.407. The molecule has 0 aromatic heterocycles. The van der Waals surface area contributed by atoms with Gasteiger partial charge >= 0.3 is 0 Å². The van der Waals surface area contributed by atoms with Crippen LogP contribution in [0.15, 0.2) is 18.2 Å². The number of phenolic OH excluding ortho intramolecular Hbond substituents is 2. The third-order valence-electron chi connectivity index (χ3n) is 3.30. The van der Waals surface area contributed by atoms with Crippen molar-refractivity contribution in [3.05, 3.63) is 23.8 Å². The number of hydrogen-bond acceptors (Lipinski definition) is 4. The van der Waals surface area contributed by atoms with Crippen LogP contribution in [0, 0.1) is 0 Å². The second-order valence-electron chi connectivity index (χ2n) is 4.61. The van der Waals surface area contributed by atoms with Gasteiger partial charge in [-0.05, 0) is 31.4 Å². The van der Waals surface area contributed by atoms with Crippen LogP contribution in [0.1, 0.15) is 29.6 Å². The van der Waals surface area contributed by atoms with Crippen molar-refractivity contribution in [2.45, 2.75) is 25.3 Å². The van der Waals surface area contributed by atoms with Gasteiger partial charge in [0.1, 0.15) is 11.5 Å². The minimum Gasteiger partial charge on any atom is -0.508 e. The van der Waals surface area contributed by atoms with Crippen LogP contribution < -0.4 is 5.73 Å². The van der Waals surface area contributed by atoms with Crippen LogP contribution in [0.5, 0.6) is 11.5 Å². The molecular weight excluding hydrogens is 232 g/mol. The lowest BCUT2D eigenvalue weighted by Gasteiger charge is -2.37. The topological polar surface area (TPSA) is 86.8 Å². The van der Waals surface area contributed by atoms with Crippen molar-refractivity contribution < 1.29 is 15.0 Å². The molecule has 18 heavy (non-hydrogen) atoms. The fourth-order valence-electron chi connectivity index (χ4n) is 2.17. The highest BCUT2D eigenvalue weighted by atomic mass is 16.3. The Morgan fingerprint density at radius 2 is 1.89 bits per heavy atom. The van der Waals surface area contributed by atoms with E-state index in [4.69, 9.17) is 5.73 Å². The van der Waals surface area contributed by atoms with Gasteiger partial charge in [0.05, 0.1) is 0 Å². The van der Waals surface area contributed by atoms with Gasteiger partial charge in [-0.2, -0.15) is 0 Å². The number of amides is 1. The van der Waals surface area contributed by atoms with Gasteiger partial charge in [-0.15, -0.1) is 0 Å². The molecule has 1 aromatic carbocycles. The van der Waals surface area contributed by atoms with E-state index in [1.807, 2.05) is 0 Å². The fraction of sp³-hybridized carbons (Fsp3) is 0.462. The van der Waals surface area contributed by atoms with Gasteiger partial charge in [0, 0.05) is 30.8 Å². The van der Waals surface area contributed by atoms with Gasteiger partial charge in [0.25, 0.3) is 5.91 Å². The van der Waals surface area contributed by atoms with Crippen LogP contribution in [0.4, 0.5) is 0 Å². The average Bonchev–Trinajstić information content (AvgIpc) is 2.23. The molecule has 1 fully saturated rings. The van der Waals surface area contributed by atoms with E-state index >= 15 is 0 Å². The van der Waals surface area contributed by atoms with Crippen LogP contribution in [-0.4, -0.2) is 40.2 Å². The fourth-order valence-corrected chi connectivity index (χ4v) is 2.17. The molecule has 0 atom stereocenters. The Bertz CT molecular complexity index is 424. The maximum absolute atomic E-state index is 12.3. The summed E-state index contributed by atoms with van der Waals surface area (Å²) >= 11 is 0. The molecule has 0 spiro atoms. The van der Waals surface area contributed by atoms with Crippen LogP contribution in [0.25, 0.3) is 0 Å². The lowest BCUT2D eigenvalue weighted by atomic mass is 9.91. The molecule has 5 nitrogen and oxygen atoms in total. The molecule has 0 bridgehead atoms. The number of rotatable bonds is 4. The van der Waals surface area contributed by atoms with Gasteiger partial charge in [0.15, 0.2) is 0 Å². The predicted molar refractivity (Wildman–Crippen MR) is 67.5 cm³/mol. The lowest BCUT2D eigenvalue weighted by Crippen LogP contribution is -2.46. The monoisotopic (exact) mass is 250 g/mol. The second-order valence-corrected chi connectivity index (χ2v) is 4.61. The van der Waals surface area contributed by atoms with Gasteiger partial charge in [-0.25, -0.2) is 0 Å². The SMILES string of the molecule is NCCN(C(=O)c1cc(O)cc(O)c1)C1CCC1. The first kappa shape index (κ1) is 12.7. The number of carbonyl (C=O) groups is 1. The van der Waals surface area contributed by atoms with E-state index < -0.39 is 0 Å². The number of aromatic hydroxyl groups is 2. The molecule has 1 amide bonds. The van der Waals surface area contributed by atoms with Crippen LogP contribution in [0.2, 0.25) is 0 Å². The van der Waals surface area contributed by atoms with E-state index in [0.29, 0.717) is 18.7 Å². The van der Waals surface area contributed by atoms with Crippen molar-refractivity contribution in [3.8, 4) is 11.5 Å². The summed E-state index contributed by atoms with van der Waals surface area (Å²) < 4.78 is 0. The number of carbonyl (C=O) groups excluding carboxylic acids is 1. The van der Waals surface area contributed by atoms with Crippen molar-refractivity contribution in [3.63, 3.8) is 0 Å². The summed E-state index contributed by atoms with van der Waals surface area (Å²) in [6, 6.07) is 4.17. The van der Waals surface area contributed by atoms with Crippen molar-refractivity contribution in [1.82, 2.24) is 4.90 Å². The summed E-state index contributed by atoms with van der Waals surface area (Å²) in [5.41, 5.74) is 5.83. The van der Waals surface area contributed by atoms with Crippen molar-refractivity contribution in [2.75, 3.05) is 13.1 Å². The van der Waals surface area contributed by atoms with Crippen molar-refractivity contribution in [2.24, 2.45) is 5.73 Å². The van der Waals surface area contributed by atoms with E-state index in [9.17, 15) is 15.0 Å². The highest BCUT2D eigenvalue weighted by Gasteiger charge is 2.29. The Kier molecular flexibility index (Phi) is 3.72. The number of phenols is 2. The summed E-state index contributed by atoms with van der Waals surface area (Å²) in [6.07, 6.45) is 3.12. The third kappa shape index (κ3) is 2.56. The Labute approximate surface area is 106 Å². The summed E-state index contributed by atoms with van der Waals surface area (Å²) in [4.78, 5) is 14.1. The normalized spacial score (nSPS) is 15.2. The molecule has 1 saturated carbocycles. The minimum atomic E-state index is -0.184. The first-order valence-corrected chi connectivity index (χ1v) is 6.16. The Morgan fingerprint density at radius 1 is 1.28 bits per heavy atom. The number of nitrogens with zero attached hydrogens (tertiary/aromatic N) is 1. The minimum absolute atomic E-state index is 0.111.